The molecule has 0 atom stereocenters. The van der Waals surface area contributed by atoms with Crippen molar-refractivity contribution < 1.29 is 14.3 Å². The van der Waals surface area contributed by atoms with Crippen LogP contribution in [0.4, 0.5) is 11.4 Å². The van der Waals surface area contributed by atoms with Gasteiger partial charge < -0.3 is 20.5 Å². The molecule has 3 aromatic rings. The summed E-state index contributed by atoms with van der Waals surface area (Å²) in [4.78, 5) is 12.5. The van der Waals surface area contributed by atoms with Gasteiger partial charge in [-0.05, 0) is 68.7 Å². The van der Waals surface area contributed by atoms with Gasteiger partial charge in [0.05, 0.1) is 18.5 Å². The summed E-state index contributed by atoms with van der Waals surface area (Å²) in [5.74, 6) is 1.32. The van der Waals surface area contributed by atoms with E-state index in [2.05, 4.69) is 38.2 Å². The summed E-state index contributed by atoms with van der Waals surface area (Å²) in [6.45, 7) is 6.64. The zero-order chi connectivity index (χ0) is 24.5. The van der Waals surface area contributed by atoms with E-state index in [9.17, 15) is 4.79 Å². The Morgan fingerprint density at radius 2 is 1.76 bits per heavy atom. The number of nitrogens with two attached hydrogens (primary N) is 1. The molecule has 5 nitrogen and oxygen atoms in total. The van der Waals surface area contributed by atoms with Crippen molar-refractivity contribution in [3.05, 3.63) is 101 Å². The molecule has 3 rings (SSSR count). The quantitative estimate of drug-likeness (QED) is 0.224. The van der Waals surface area contributed by atoms with Crippen LogP contribution in [0.15, 0.2) is 78.4 Å². The highest BCUT2D eigenvalue weighted by Crippen LogP contribution is 2.31. The second-order valence-electron chi connectivity index (χ2n) is 8.31. The number of carbonyl (C=O) groups excluding carboxylic acids is 1. The molecule has 0 bridgehead atoms. The second-order valence-corrected chi connectivity index (χ2v) is 8.31. The second kappa shape index (κ2) is 11.8. The summed E-state index contributed by atoms with van der Waals surface area (Å²) in [6.07, 6.45) is 6.22. The van der Waals surface area contributed by atoms with Crippen molar-refractivity contribution in [1.29, 1.82) is 0 Å². The third-order valence-electron chi connectivity index (χ3n) is 5.41. The predicted molar refractivity (Wildman–Crippen MR) is 140 cm³/mol. The molecule has 176 valence electrons. The number of hydrogen-bond donors (Lipinski definition) is 2. The van der Waals surface area contributed by atoms with Gasteiger partial charge >= 0.3 is 0 Å². The zero-order valence-electron chi connectivity index (χ0n) is 20.2. The zero-order valence-corrected chi connectivity index (χ0v) is 20.2. The van der Waals surface area contributed by atoms with Gasteiger partial charge in [-0.1, -0.05) is 48.0 Å². The van der Waals surface area contributed by atoms with Crippen molar-refractivity contribution in [2.75, 3.05) is 18.2 Å². The molecule has 1 amide bonds. The van der Waals surface area contributed by atoms with Crippen LogP contribution in [-0.2, 0) is 17.8 Å². The normalized spacial score (nSPS) is 10.7. The lowest BCUT2D eigenvalue weighted by Crippen LogP contribution is -2.09. The van der Waals surface area contributed by atoms with E-state index < -0.39 is 0 Å². The van der Waals surface area contributed by atoms with E-state index >= 15 is 0 Å². The van der Waals surface area contributed by atoms with Gasteiger partial charge in [0.1, 0.15) is 18.1 Å². The maximum atomic E-state index is 12.5. The summed E-state index contributed by atoms with van der Waals surface area (Å²) < 4.78 is 11.6. The van der Waals surface area contributed by atoms with E-state index in [1.807, 2.05) is 42.5 Å². The molecule has 0 aliphatic rings. The number of allylic oxidation sites excluding steroid dienone is 2. The van der Waals surface area contributed by atoms with Crippen LogP contribution >= 0.6 is 0 Å². The highest BCUT2D eigenvalue weighted by atomic mass is 16.5. The average molecular weight is 457 g/mol. The molecule has 0 saturated carbocycles. The molecule has 0 saturated heterocycles. The first-order chi connectivity index (χ1) is 16.4. The minimum Gasteiger partial charge on any atom is -0.497 e. The summed E-state index contributed by atoms with van der Waals surface area (Å²) in [7, 11) is 1.65. The van der Waals surface area contributed by atoms with Crippen molar-refractivity contribution in [2.45, 2.75) is 33.8 Å². The van der Waals surface area contributed by atoms with E-state index in [0.717, 1.165) is 40.2 Å². The van der Waals surface area contributed by atoms with Gasteiger partial charge in [-0.25, -0.2) is 0 Å². The van der Waals surface area contributed by atoms with E-state index in [1.54, 1.807) is 25.3 Å². The molecule has 0 spiro atoms. The smallest absolute Gasteiger partial charge is 0.248 e. The molecular formula is C29H32N2O3. The molecule has 3 aromatic carbocycles. The molecule has 0 radical (unpaired) electrons. The number of nitrogen functional groups attached to an aromatic ring is 1. The number of ether oxygens (including phenoxy) is 2. The first-order valence-electron chi connectivity index (χ1n) is 11.2. The van der Waals surface area contributed by atoms with Gasteiger partial charge in [0.25, 0.3) is 0 Å². The fourth-order valence-electron chi connectivity index (χ4n) is 3.43. The van der Waals surface area contributed by atoms with Gasteiger partial charge in [0, 0.05) is 17.2 Å². The lowest BCUT2D eigenvalue weighted by molar-refractivity contribution is -0.111. The molecule has 5 heteroatoms. The lowest BCUT2D eigenvalue weighted by Gasteiger charge is -2.17. The van der Waals surface area contributed by atoms with Crippen LogP contribution < -0.4 is 20.5 Å². The summed E-state index contributed by atoms with van der Waals surface area (Å²) in [5, 5.41) is 2.82. The third kappa shape index (κ3) is 6.75. The third-order valence-corrected chi connectivity index (χ3v) is 5.41. The van der Waals surface area contributed by atoms with Crippen molar-refractivity contribution >= 4 is 23.4 Å². The molecule has 0 fully saturated rings. The predicted octanol–water partition coefficient (Wildman–Crippen LogP) is 6.33. The van der Waals surface area contributed by atoms with Crippen molar-refractivity contribution in [1.82, 2.24) is 0 Å². The maximum absolute atomic E-state index is 12.5. The summed E-state index contributed by atoms with van der Waals surface area (Å²) in [6, 6.07) is 19.0. The van der Waals surface area contributed by atoms with Gasteiger partial charge in [-0.3, -0.25) is 4.79 Å². The largest absolute Gasteiger partial charge is 0.497 e. The Balaban J connectivity index is 1.87. The highest BCUT2D eigenvalue weighted by molar-refractivity contribution is 6.03. The minimum absolute atomic E-state index is 0.259. The van der Waals surface area contributed by atoms with E-state index in [1.165, 1.54) is 11.6 Å². The summed E-state index contributed by atoms with van der Waals surface area (Å²) in [5.41, 5.74) is 12.4. The molecule has 34 heavy (non-hydrogen) atoms. The Morgan fingerprint density at radius 3 is 2.44 bits per heavy atom. The number of rotatable bonds is 9. The number of amides is 1. The maximum Gasteiger partial charge on any atom is 0.248 e. The number of nitrogens with one attached hydrogen (secondary N) is 1. The molecule has 0 aliphatic heterocycles. The number of anilines is 2. The van der Waals surface area contributed by atoms with E-state index in [0.29, 0.717) is 18.0 Å². The molecule has 0 aromatic heterocycles. The highest BCUT2D eigenvalue weighted by Gasteiger charge is 2.12. The SMILES string of the molecule is COc1ccc(COc2c(/C=C/C(=O)Nc3ccccc3N)ccc(C)c2CC=C(C)C)cc1. The standard InChI is InChI=1S/C29H32N2O3/c1-20(2)9-17-25-21(3)10-13-23(14-18-28(32)31-27-8-6-5-7-26(27)30)29(25)34-19-22-11-15-24(33-4)16-12-22/h5-16,18H,17,19,30H2,1-4H3,(H,31,32)/b18-14+. The van der Waals surface area contributed by atoms with E-state index in [4.69, 9.17) is 15.2 Å². The van der Waals surface area contributed by atoms with Crippen LogP contribution in [0.3, 0.4) is 0 Å². The fraction of sp³-hybridized carbons (Fsp3) is 0.207. The van der Waals surface area contributed by atoms with Crippen molar-refractivity contribution in [2.24, 2.45) is 0 Å². The van der Waals surface area contributed by atoms with Crippen molar-refractivity contribution in [3.8, 4) is 11.5 Å². The molecule has 3 N–H and O–H groups in total. The summed E-state index contributed by atoms with van der Waals surface area (Å²) >= 11 is 0. The van der Waals surface area contributed by atoms with Crippen LogP contribution in [0.25, 0.3) is 6.08 Å². The van der Waals surface area contributed by atoms with Crippen LogP contribution in [0.5, 0.6) is 11.5 Å². The van der Waals surface area contributed by atoms with Gasteiger partial charge in [-0.15, -0.1) is 0 Å². The number of hydrogen-bond acceptors (Lipinski definition) is 4. The Hall–Kier alpha value is -3.99. The number of aryl methyl sites for hydroxylation is 1. The van der Waals surface area contributed by atoms with E-state index in [-0.39, 0.29) is 5.91 Å². The van der Waals surface area contributed by atoms with Crippen LogP contribution in [0.2, 0.25) is 0 Å². The van der Waals surface area contributed by atoms with Gasteiger partial charge in [-0.2, -0.15) is 0 Å². The number of benzene rings is 3. The molecule has 0 aliphatic carbocycles. The Labute approximate surface area is 201 Å². The van der Waals surface area contributed by atoms with Crippen LogP contribution in [0, 0.1) is 6.92 Å². The first-order valence-corrected chi connectivity index (χ1v) is 11.2. The van der Waals surface area contributed by atoms with Crippen LogP contribution in [0.1, 0.15) is 36.1 Å². The number of para-hydroxylation sites is 2. The molecular weight excluding hydrogens is 424 g/mol. The first kappa shape index (κ1) is 24.6. The number of carbonyl (C=O) groups is 1. The monoisotopic (exact) mass is 456 g/mol. The van der Waals surface area contributed by atoms with Crippen molar-refractivity contribution in [3.63, 3.8) is 0 Å². The Kier molecular flexibility index (Phi) is 8.52. The topological polar surface area (TPSA) is 73.6 Å². The van der Waals surface area contributed by atoms with Gasteiger partial charge in [0.2, 0.25) is 5.91 Å². The molecule has 0 heterocycles. The lowest BCUT2D eigenvalue weighted by atomic mass is 9.99. The number of methoxy groups -OCH3 is 1. The Morgan fingerprint density at radius 1 is 1.03 bits per heavy atom. The van der Waals surface area contributed by atoms with Gasteiger partial charge in [0.15, 0.2) is 0 Å². The fourth-order valence-corrected chi connectivity index (χ4v) is 3.43. The minimum atomic E-state index is -0.259. The van der Waals surface area contributed by atoms with Crippen LogP contribution in [-0.4, -0.2) is 13.0 Å². The Bertz CT molecular complexity index is 1190. The average Bonchev–Trinajstić information content (AvgIpc) is 2.83. The molecule has 0 unspecified atom stereocenters.